The lowest BCUT2D eigenvalue weighted by Gasteiger charge is -2.14. The van der Waals surface area contributed by atoms with Crippen molar-refractivity contribution in [3.05, 3.63) is 53.9 Å². The van der Waals surface area contributed by atoms with E-state index < -0.39 is 35.2 Å². The number of carbonyl (C=O) groups is 1. The van der Waals surface area contributed by atoms with E-state index >= 15 is 0 Å². The summed E-state index contributed by atoms with van der Waals surface area (Å²) in [7, 11) is 0. The minimum atomic E-state index is -5.02. The molecule has 0 aliphatic carbocycles. The maximum atomic E-state index is 14.3. The molecule has 1 aromatic heterocycles. The van der Waals surface area contributed by atoms with Crippen LogP contribution in [0.5, 0.6) is 5.75 Å². The predicted octanol–water partition coefficient (Wildman–Crippen LogP) is 3.41. The fourth-order valence-electron chi connectivity index (χ4n) is 2.32. The molecule has 0 spiro atoms. The van der Waals surface area contributed by atoms with Crippen molar-refractivity contribution in [2.24, 2.45) is 5.73 Å². The van der Waals surface area contributed by atoms with Gasteiger partial charge in [-0.1, -0.05) is 18.2 Å². The summed E-state index contributed by atoms with van der Waals surface area (Å²) in [6, 6.07) is 6.45. The van der Waals surface area contributed by atoms with E-state index in [2.05, 4.69) is 19.9 Å². The Morgan fingerprint density at radius 2 is 1.81 bits per heavy atom. The third-order valence-corrected chi connectivity index (χ3v) is 3.41. The van der Waals surface area contributed by atoms with Crippen molar-refractivity contribution in [2.75, 3.05) is 0 Å². The van der Waals surface area contributed by atoms with Crippen molar-refractivity contribution >= 4 is 5.91 Å². The van der Waals surface area contributed by atoms with Crippen LogP contribution in [0.25, 0.3) is 22.5 Å². The number of carbonyl (C=O) groups excluding carboxylic acids is 1. The molecular weight excluding hydrogens is 375 g/mol. The lowest BCUT2D eigenvalue weighted by Crippen LogP contribution is -2.17. The van der Waals surface area contributed by atoms with E-state index in [0.29, 0.717) is 0 Å². The Kier molecular flexibility index (Phi) is 4.52. The van der Waals surface area contributed by atoms with Crippen molar-refractivity contribution in [1.29, 1.82) is 0 Å². The van der Waals surface area contributed by atoms with Crippen LogP contribution in [-0.2, 0) is 0 Å². The number of ether oxygens (including phenoxy) is 1. The molecule has 0 aliphatic rings. The van der Waals surface area contributed by atoms with Gasteiger partial charge in [0.25, 0.3) is 5.91 Å². The number of alkyl halides is 3. The largest absolute Gasteiger partial charge is 0.573 e. The number of nitrogens with one attached hydrogen (secondary N) is 1. The molecule has 27 heavy (non-hydrogen) atoms. The van der Waals surface area contributed by atoms with Gasteiger partial charge in [0.15, 0.2) is 17.5 Å². The zero-order valence-corrected chi connectivity index (χ0v) is 13.1. The average molecular weight is 384 g/mol. The lowest BCUT2D eigenvalue weighted by atomic mass is 10.0. The lowest BCUT2D eigenvalue weighted by molar-refractivity contribution is -0.274. The van der Waals surface area contributed by atoms with Crippen LogP contribution in [0, 0.1) is 11.6 Å². The van der Waals surface area contributed by atoms with E-state index in [9.17, 15) is 26.7 Å². The number of nitrogens with two attached hydrogens (primary N) is 1. The molecule has 3 N–H and O–H groups in total. The molecule has 3 aromatic rings. The molecule has 0 aliphatic heterocycles. The summed E-state index contributed by atoms with van der Waals surface area (Å²) in [6.45, 7) is 0. The van der Waals surface area contributed by atoms with Gasteiger partial charge < -0.3 is 10.5 Å². The molecular formula is C16H9F5N4O2. The molecule has 0 bridgehead atoms. The number of halogens is 5. The zero-order chi connectivity index (χ0) is 19.8. The maximum Gasteiger partial charge on any atom is 0.573 e. The molecule has 1 heterocycles. The summed E-state index contributed by atoms with van der Waals surface area (Å²) in [5, 5.41) is 5.87. The van der Waals surface area contributed by atoms with Crippen LogP contribution in [0.1, 0.15) is 10.6 Å². The summed E-state index contributed by atoms with van der Waals surface area (Å²) in [5.41, 5.74) is 4.10. The van der Waals surface area contributed by atoms with E-state index in [1.54, 1.807) is 0 Å². The highest BCUT2D eigenvalue weighted by Crippen LogP contribution is 2.37. The zero-order valence-electron chi connectivity index (χ0n) is 13.1. The summed E-state index contributed by atoms with van der Waals surface area (Å²) in [5.74, 6) is -4.90. The Morgan fingerprint density at radius 1 is 1.11 bits per heavy atom. The van der Waals surface area contributed by atoms with Crippen LogP contribution in [0.15, 0.2) is 36.4 Å². The number of H-pyrrole nitrogens is 1. The van der Waals surface area contributed by atoms with E-state index in [1.807, 2.05) is 0 Å². The van der Waals surface area contributed by atoms with E-state index in [1.165, 1.54) is 12.1 Å². The summed E-state index contributed by atoms with van der Waals surface area (Å²) in [6.07, 6.45) is -5.02. The second-order valence-electron chi connectivity index (χ2n) is 5.24. The first-order valence-corrected chi connectivity index (χ1v) is 7.22. The van der Waals surface area contributed by atoms with Gasteiger partial charge in [-0.2, -0.15) is 5.10 Å². The number of amides is 1. The minimum absolute atomic E-state index is 0.0885. The van der Waals surface area contributed by atoms with Crippen molar-refractivity contribution in [1.82, 2.24) is 15.2 Å². The molecule has 0 atom stereocenters. The Bertz CT molecular complexity index is 1020. The summed E-state index contributed by atoms with van der Waals surface area (Å²) in [4.78, 5) is 14.8. The Hall–Kier alpha value is -3.50. The molecule has 0 saturated heterocycles. The first-order chi connectivity index (χ1) is 12.7. The topological polar surface area (TPSA) is 93.9 Å². The van der Waals surface area contributed by atoms with E-state index in [-0.39, 0.29) is 22.8 Å². The van der Waals surface area contributed by atoms with E-state index in [0.717, 1.165) is 24.3 Å². The SMILES string of the molecule is NC(=O)c1nc(-c2cc(F)c(F)c(-c3ccccc3OC(F)(F)F)c2)n[nH]1. The molecule has 0 fully saturated rings. The number of rotatable bonds is 4. The molecule has 3 rings (SSSR count). The minimum Gasteiger partial charge on any atom is -0.405 e. The van der Waals surface area contributed by atoms with Crippen molar-refractivity contribution in [3.63, 3.8) is 0 Å². The standard InChI is InChI=1S/C16H9F5N4O2/c17-10-6-7(14-23-15(13(22)26)25-24-14)5-9(12(10)18)8-3-1-2-4-11(8)27-16(19,20)21/h1-6H,(H2,22,26)(H,23,24,25). The normalized spacial score (nSPS) is 11.4. The smallest absolute Gasteiger partial charge is 0.405 e. The monoisotopic (exact) mass is 384 g/mol. The van der Waals surface area contributed by atoms with Crippen LogP contribution in [-0.4, -0.2) is 27.5 Å². The van der Waals surface area contributed by atoms with Crippen molar-refractivity contribution in [3.8, 4) is 28.3 Å². The van der Waals surface area contributed by atoms with Gasteiger partial charge in [-0.25, -0.2) is 13.8 Å². The highest BCUT2D eigenvalue weighted by atomic mass is 19.4. The first-order valence-electron chi connectivity index (χ1n) is 7.22. The summed E-state index contributed by atoms with van der Waals surface area (Å²) < 4.78 is 70.0. The van der Waals surface area contributed by atoms with Crippen LogP contribution in [0.4, 0.5) is 22.0 Å². The molecule has 140 valence electrons. The van der Waals surface area contributed by atoms with Crippen LogP contribution >= 0.6 is 0 Å². The average Bonchev–Trinajstić information content (AvgIpc) is 3.07. The molecule has 1 amide bonds. The number of aromatic nitrogens is 3. The van der Waals surface area contributed by atoms with Gasteiger partial charge in [-0.15, -0.1) is 13.2 Å². The number of hydrogen-bond acceptors (Lipinski definition) is 4. The molecule has 0 saturated carbocycles. The van der Waals surface area contributed by atoms with E-state index in [4.69, 9.17) is 5.73 Å². The van der Waals surface area contributed by atoms with Gasteiger partial charge in [0, 0.05) is 16.7 Å². The highest BCUT2D eigenvalue weighted by molar-refractivity contribution is 5.89. The first kappa shape index (κ1) is 18.3. The number of nitrogens with zero attached hydrogens (tertiary/aromatic N) is 2. The van der Waals surface area contributed by atoms with Crippen LogP contribution in [0.2, 0.25) is 0 Å². The Morgan fingerprint density at radius 3 is 2.44 bits per heavy atom. The number of hydrogen-bond donors (Lipinski definition) is 2. The number of aromatic amines is 1. The number of para-hydroxylation sites is 1. The van der Waals surface area contributed by atoms with Gasteiger partial charge in [0.1, 0.15) is 5.75 Å². The second kappa shape index (κ2) is 6.67. The van der Waals surface area contributed by atoms with Gasteiger partial charge in [0.2, 0.25) is 5.82 Å². The van der Waals surface area contributed by atoms with Gasteiger partial charge >= 0.3 is 6.36 Å². The van der Waals surface area contributed by atoms with Gasteiger partial charge in [-0.05, 0) is 18.2 Å². The van der Waals surface area contributed by atoms with Crippen LogP contribution < -0.4 is 10.5 Å². The molecule has 6 nitrogen and oxygen atoms in total. The summed E-state index contributed by atoms with van der Waals surface area (Å²) >= 11 is 0. The predicted molar refractivity (Wildman–Crippen MR) is 82.4 cm³/mol. The van der Waals surface area contributed by atoms with Crippen LogP contribution in [0.3, 0.4) is 0 Å². The third kappa shape index (κ3) is 3.86. The number of benzene rings is 2. The Labute approximate surface area is 147 Å². The molecule has 11 heteroatoms. The molecule has 2 aromatic carbocycles. The highest BCUT2D eigenvalue weighted by Gasteiger charge is 2.32. The second-order valence-corrected chi connectivity index (χ2v) is 5.24. The quantitative estimate of drug-likeness (QED) is 0.674. The molecule has 0 unspecified atom stereocenters. The van der Waals surface area contributed by atoms with Gasteiger partial charge in [0.05, 0.1) is 0 Å². The third-order valence-electron chi connectivity index (χ3n) is 3.41. The Balaban J connectivity index is 2.14. The van der Waals surface area contributed by atoms with Crippen molar-refractivity contribution in [2.45, 2.75) is 6.36 Å². The van der Waals surface area contributed by atoms with Gasteiger partial charge in [-0.3, -0.25) is 9.89 Å². The maximum absolute atomic E-state index is 14.3. The fourth-order valence-corrected chi connectivity index (χ4v) is 2.32. The molecule has 0 radical (unpaired) electrons. The number of primary amides is 1. The fraction of sp³-hybridized carbons (Fsp3) is 0.0625. The van der Waals surface area contributed by atoms with Crippen molar-refractivity contribution < 1.29 is 31.5 Å².